The van der Waals surface area contributed by atoms with Crippen molar-refractivity contribution in [2.75, 3.05) is 19.8 Å². The van der Waals surface area contributed by atoms with E-state index in [2.05, 4.69) is 0 Å². The molecule has 0 radical (unpaired) electrons. The van der Waals surface area contributed by atoms with Gasteiger partial charge in [-0.2, -0.15) is 0 Å². The molecule has 0 spiro atoms. The monoisotopic (exact) mass is 361 g/mol. The number of benzene rings is 1. The number of aryl methyl sites for hydroxylation is 2. The van der Waals surface area contributed by atoms with Crippen LogP contribution in [0.5, 0.6) is 0 Å². The van der Waals surface area contributed by atoms with Crippen molar-refractivity contribution in [3.05, 3.63) is 45.7 Å². The molecule has 1 aromatic heterocycles. The maximum Gasteiger partial charge on any atom is 0.341 e. The summed E-state index contributed by atoms with van der Waals surface area (Å²) in [4.78, 5) is 23.8. The molecule has 6 heteroatoms. The van der Waals surface area contributed by atoms with Gasteiger partial charge in [-0.15, -0.1) is 0 Å². The third kappa shape index (κ3) is 5.16. The molecule has 2 aromatic rings. The Kier molecular flexibility index (Phi) is 7.81. The maximum absolute atomic E-state index is 12.5. The summed E-state index contributed by atoms with van der Waals surface area (Å²) in [6.45, 7) is 3.97. The first-order chi connectivity index (χ1) is 12.6. The average Bonchev–Trinajstić information content (AvgIpc) is 2.64. The Balaban J connectivity index is 2.03. The molecule has 0 aliphatic carbocycles. The molecule has 0 saturated heterocycles. The fraction of sp³-hybridized carbons (Fsp3) is 0.500. The van der Waals surface area contributed by atoms with Crippen LogP contribution in [0.4, 0.5) is 0 Å². The molecule has 0 fully saturated rings. The average molecular weight is 361 g/mol. The summed E-state index contributed by atoms with van der Waals surface area (Å²) >= 11 is 0. The Morgan fingerprint density at radius 3 is 2.62 bits per heavy atom. The van der Waals surface area contributed by atoms with Crippen molar-refractivity contribution in [3.63, 3.8) is 0 Å². The van der Waals surface area contributed by atoms with Gasteiger partial charge in [-0.3, -0.25) is 4.79 Å². The summed E-state index contributed by atoms with van der Waals surface area (Å²) < 4.78 is 7.20. The predicted octanol–water partition coefficient (Wildman–Crippen LogP) is 2.83. The van der Waals surface area contributed by atoms with E-state index in [0.29, 0.717) is 31.6 Å². The number of carboxylic acid groups (broad SMARTS) is 1. The van der Waals surface area contributed by atoms with E-state index < -0.39 is 11.4 Å². The molecule has 0 unspecified atom stereocenters. The Bertz CT molecular complexity index is 797. The van der Waals surface area contributed by atoms with Crippen LogP contribution in [0, 0.1) is 0 Å². The van der Waals surface area contributed by atoms with Crippen molar-refractivity contribution < 1.29 is 19.7 Å². The minimum Gasteiger partial charge on any atom is -0.477 e. The number of carboxylic acids is 1. The molecule has 0 aliphatic heterocycles. The normalized spacial score (nSPS) is 11.2. The lowest BCUT2D eigenvalue weighted by atomic mass is 10.0. The molecule has 142 valence electrons. The third-order valence-electron chi connectivity index (χ3n) is 4.42. The minimum absolute atomic E-state index is 0.158. The first kappa shape index (κ1) is 20.1. The molecule has 1 heterocycles. The van der Waals surface area contributed by atoms with Gasteiger partial charge in [0.25, 0.3) is 0 Å². The standard InChI is InChI=1S/C20H27NO5/c1-2-21-14-17(20(24)25)19(23)16-13-15(8-9-18(16)21)7-4-3-5-11-26-12-6-10-22/h8-9,13-14,22H,2-7,10-12H2,1H3,(H,24,25). The van der Waals surface area contributed by atoms with Crippen LogP contribution in [-0.2, 0) is 17.7 Å². The molecule has 0 saturated carbocycles. The minimum atomic E-state index is -1.19. The van der Waals surface area contributed by atoms with Gasteiger partial charge in [-0.05, 0) is 50.3 Å². The number of hydrogen-bond acceptors (Lipinski definition) is 4. The fourth-order valence-corrected chi connectivity index (χ4v) is 2.99. The number of aliphatic hydroxyl groups is 1. The van der Waals surface area contributed by atoms with Gasteiger partial charge in [0, 0.05) is 37.9 Å². The Hall–Kier alpha value is -2.18. The summed E-state index contributed by atoms with van der Waals surface area (Å²) in [6, 6.07) is 5.74. The van der Waals surface area contributed by atoms with Crippen LogP contribution in [-0.4, -0.2) is 40.6 Å². The van der Waals surface area contributed by atoms with Crippen LogP contribution in [0.25, 0.3) is 10.9 Å². The van der Waals surface area contributed by atoms with E-state index in [-0.39, 0.29) is 12.2 Å². The highest BCUT2D eigenvalue weighted by Crippen LogP contribution is 2.16. The Morgan fingerprint density at radius 2 is 1.92 bits per heavy atom. The van der Waals surface area contributed by atoms with Crippen LogP contribution < -0.4 is 5.43 Å². The first-order valence-corrected chi connectivity index (χ1v) is 9.16. The van der Waals surface area contributed by atoms with Crippen LogP contribution in [0.15, 0.2) is 29.2 Å². The van der Waals surface area contributed by atoms with Crippen LogP contribution in [0.2, 0.25) is 0 Å². The highest BCUT2D eigenvalue weighted by molar-refractivity contribution is 5.92. The van der Waals surface area contributed by atoms with E-state index in [1.54, 1.807) is 4.57 Å². The number of hydrogen-bond donors (Lipinski definition) is 2. The molecule has 0 aliphatic rings. The molecular weight excluding hydrogens is 334 g/mol. The van der Waals surface area contributed by atoms with Crippen molar-refractivity contribution >= 4 is 16.9 Å². The van der Waals surface area contributed by atoms with E-state index in [1.807, 2.05) is 25.1 Å². The van der Waals surface area contributed by atoms with E-state index in [0.717, 1.165) is 36.8 Å². The number of aromatic carboxylic acids is 1. The zero-order chi connectivity index (χ0) is 18.9. The zero-order valence-corrected chi connectivity index (χ0v) is 15.2. The van der Waals surface area contributed by atoms with Crippen molar-refractivity contribution in [2.45, 2.75) is 45.6 Å². The van der Waals surface area contributed by atoms with Gasteiger partial charge in [0.1, 0.15) is 5.56 Å². The molecule has 0 amide bonds. The van der Waals surface area contributed by atoms with Gasteiger partial charge in [-0.1, -0.05) is 12.5 Å². The van der Waals surface area contributed by atoms with Gasteiger partial charge in [-0.25, -0.2) is 4.79 Å². The summed E-state index contributed by atoms with van der Waals surface area (Å²) in [5, 5.41) is 18.4. The largest absolute Gasteiger partial charge is 0.477 e. The van der Waals surface area contributed by atoms with Gasteiger partial charge in [0.15, 0.2) is 0 Å². The van der Waals surface area contributed by atoms with Crippen molar-refractivity contribution in [3.8, 4) is 0 Å². The van der Waals surface area contributed by atoms with Crippen LogP contribution in [0.1, 0.15) is 48.5 Å². The highest BCUT2D eigenvalue weighted by Gasteiger charge is 2.14. The molecule has 0 bridgehead atoms. The number of fused-ring (bicyclic) bond motifs is 1. The number of carbonyl (C=O) groups is 1. The molecule has 6 nitrogen and oxygen atoms in total. The zero-order valence-electron chi connectivity index (χ0n) is 15.2. The quantitative estimate of drug-likeness (QED) is 0.601. The second-order valence-corrected chi connectivity index (χ2v) is 6.31. The third-order valence-corrected chi connectivity index (χ3v) is 4.42. The number of pyridine rings is 1. The molecule has 26 heavy (non-hydrogen) atoms. The molecule has 2 rings (SSSR count). The lowest BCUT2D eigenvalue weighted by molar-refractivity contribution is 0.0695. The summed E-state index contributed by atoms with van der Waals surface area (Å²) in [6.07, 6.45) is 5.90. The number of rotatable bonds is 11. The van der Waals surface area contributed by atoms with Gasteiger partial charge in [0.2, 0.25) is 5.43 Å². The van der Waals surface area contributed by atoms with E-state index in [1.165, 1.54) is 6.20 Å². The number of aliphatic hydroxyl groups excluding tert-OH is 1. The van der Waals surface area contributed by atoms with Gasteiger partial charge >= 0.3 is 5.97 Å². The highest BCUT2D eigenvalue weighted by atomic mass is 16.5. The lowest BCUT2D eigenvalue weighted by Gasteiger charge is -2.11. The Morgan fingerprint density at radius 1 is 1.15 bits per heavy atom. The van der Waals surface area contributed by atoms with Crippen molar-refractivity contribution in [1.82, 2.24) is 4.57 Å². The first-order valence-electron chi connectivity index (χ1n) is 9.16. The molecular formula is C20H27NO5. The lowest BCUT2D eigenvalue weighted by Crippen LogP contribution is -2.18. The Labute approximate surface area is 153 Å². The second kappa shape index (κ2) is 10.1. The molecule has 2 N–H and O–H groups in total. The van der Waals surface area contributed by atoms with Crippen LogP contribution in [0.3, 0.4) is 0 Å². The second-order valence-electron chi connectivity index (χ2n) is 6.31. The smallest absolute Gasteiger partial charge is 0.341 e. The number of nitrogens with zero attached hydrogens (tertiary/aromatic N) is 1. The number of unbranched alkanes of at least 4 members (excludes halogenated alkanes) is 2. The molecule has 1 aromatic carbocycles. The topological polar surface area (TPSA) is 88.8 Å². The summed E-state index contributed by atoms with van der Waals surface area (Å²) in [7, 11) is 0. The van der Waals surface area contributed by atoms with Gasteiger partial charge in [0.05, 0.1) is 5.52 Å². The van der Waals surface area contributed by atoms with E-state index in [9.17, 15) is 14.7 Å². The van der Waals surface area contributed by atoms with Gasteiger partial charge < -0.3 is 19.5 Å². The van der Waals surface area contributed by atoms with Crippen molar-refractivity contribution in [2.24, 2.45) is 0 Å². The maximum atomic E-state index is 12.5. The van der Waals surface area contributed by atoms with Crippen molar-refractivity contribution in [1.29, 1.82) is 0 Å². The van der Waals surface area contributed by atoms with Crippen LogP contribution >= 0.6 is 0 Å². The summed E-state index contributed by atoms with van der Waals surface area (Å²) in [5.74, 6) is -1.19. The summed E-state index contributed by atoms with van der Waals surface area (Å²) in [5.41, 5.74) is 1.21. The predicted molar refractivity (Wildman–Crippen MR) is 101 cm³/mol. The van der Waals surface area contributed by atoms with E-state index >= 15 is 0 Å². The number of aromatic nitrogens is 1. The van der Waals surface area contributed by atoms with E-state index in [4.69, 9.17) is 9.84 Å². The molecule has 0 atom stereocenters. The number of ether oxygens (including phenoxy) is 1. The SMILES string of the molecule is CCn1cc(C(=O)O)c(=O)c2cc(CCCCCOCCCO)ccc21. The fourth-order valence-electron chi connectivity index (χ4n) is 2.99.